The van der Waals surface area contributed by atoms with Crippen molar-refractivity contribution in [2.24, 2.45) is 5.92 Å². The van der Waals surface area contributed by atoms with E-state index in [0.29, 0.717) is 16.8 Å². The molecule has 2 rings (SSSR count). The lowest BCUT2D eigenvalue weighted by molar-refractivity contribution is -0.182. The van der Waals surface area contributed by atoms with Gasteiger partial charge in [0.25, 0.3) is 0 Å². The fourth-order valence-electron chi connectivity index (χ4n) is 2.05. The van der Waals surface area contributed by atoms with Crippen LogP contribution in [0.5, 0.6) is 0 Å². The Balaban J connectivity index is 1.95. The Bertz CT molecular complexity index is 358. The van der Waals surface area contributed by atoms with Crippen molar-refractivity contribution in [3.05, 3.63) is 8.92 Å². The predicted molar refractivity (Wildman–Crippen MR) is 58.4 cm³/mol. The van der Waals surface area contributed by atoms with Crippen molar-refractivity contribution in [3.8, 4) is 0 Å². The number of aromatic nitrogens is 2. The van der Waals surface area contributed by atoms with E-state index in [1.165, 1.54) is 11.3 Å². The van der Waals surface area contributed by atoms with Crippen LogP contribution in [0.25, 0.3) is 0 Å². The summed E-state index contributed by atoms with van der Waals surface area (Å²) < 4.78 is 38.0. The Hall–Kier alpha value is -0.170. The van der Waals surface area contributed by atoms with Gasteiger partial charge in [0.15, 0.2) is 3.92 Å². The van der Waals surface area contributed by atoms with Gasteiger partial charge in [-0.3, -0.25) is 0 Å². The second kappa shape index (κ2) is 4.60. The molecule has 1 heterocycles. The highest BCUT2D eigenvalue weighted by Gasteiger charge is 2.41. The molecule has 7 heteroatoms. The SMILES string of the molecule is FC(F)(F)C1CCC(c2nnc(Br)s2)CC1. The highest BCUT2D eigenvalue weighted by atomic mass is 79.9. The first-order chi connectivity index (χ1) is 7.47. The summed E-state index contributed by atoms with van der Waals surface area (Å²) in [6.07, 6.45) is -2.49. The molecule has 1 fully saturated rings. The first-order valence-corrected chi connectivity index (χ1v) is 6.63. The maximum absolute atomic E-state index is 12.4. The fraction of sp³-hybridized carbons (Fsp3) is 0.778. The van der Waals surface area contributed by atoms with Crippen molar-refractivity contribution in [1.82, 2.24) is 10.2 Å². The minimum absolute atomic E-state index is 0.155. The molecule has 0 atom stereocenters. The Labute approximate surface area is 103 Å². The summed E-state index contributed by atoms with van der Waals surface area (Å²) in [5, 5.41) is 8.64. The van der Waals surface area contributed by atoms with Gasteiger partial charge in [-0.1, -0.05) is 11.3 Å². The minimum atomic E-state index is -4.04. The smallest absolute Gasteiger partial charge is 0.171 e. The molecule has 1 aliphatic carbocycles. The van der Waals surface area contributed by atoms with Crippen molar-refractivity contribution in [3.63, 3.8) is 0 Å². The van der Waals surface area contributed by atoms with Crippen LogP contribution >= 0.6 is 27.3 Å². The summed E-state index contributed by atoms with van der Waals surface area (Å²) in [5.74, 6) is -0.970. The second-order valence-corrected chi connectivity index (χ2v) is 6.27. The normalized spacial score (nSPS) is 27.0. The van der Waals surface area contributed by atoms with E-state index in [0.717, 1.165) is 5.01 Å². The molecule has 1 aliphatic rings. The molecule has 0 N–H and O–H groups in total. The van der Waals surface area contributed by atoms with Gasteiger partial charge in [-0.2, -0.15) is 13.2 Å². The molecule has 0 radical (unpaired) electrons. The topological polar surface area (TPSA) is 25.8 Å². The summed E-state index contributed by atoms with van der Waals surface area (Å²) in [6, 6.07) is 0. The van der Waals surface area contributed by atoms with E-state index in [9.17, 15) is 13.2 Å². The van der Waals surface area contributed by atoms with Crippen LogP contribution in [0.15, 0.2) is 3.92 Å². The zero-order valence-corrected chi connectivity index (χ0v) is 10.7. The number of halogens is 4. The van der Waals surface area contributed by atoms with E-state index in [4.69, 9.17) is 0 Å². The number of nitrogens with zero attached hydrogens (tertiary/aromatic N) is 2. The third-order valence-corrected chi connectivity index (χ3v) is 4.47. The first kappa shape index (κ1) is 12.3. The molecule has 2 nitrogen and oxygen atoms in total. The van der Waals surface area contributed by atoms with Gasteiger partial charge in [-0.05, 0) is 41.6 Å². The maximum atomic E-state index is 12.4. The van der Waals surface area contributed by atoms with Crippen LogP contribution in [0.1, 0.15) is 36.6 Å². The minimum Gasteiger partial charge on any atom is -0.171 e. The number of hydrogen-bond acceptors (Lipinski definition) is 3. The first-order valence-electron chi connectivity index (χ1n) is 5.02. The van der Waals surface area contributed by atoms with Crippen LogP contribution in [0.4, 0.5) is 13.2 Å². The molecular weight excluding hydrogens is 305 g/mol. The van der Waals surface area contributed by atoms with Gasteiger partial charge >= 0.3 is 6.18 Å². The van der Waals surface area contributed by atoms with Crippen molar-refractivity contribution in [1.29, 1.82) is 0 Å². The molecule has 1 saturated carbocycles. The van der Waals surface area contributed by atoms with Crippen LogP contribution in [-0.2, 0) is 0 Å². The van der Waals surface area contributed by atoms with Gasteiger partial charge in [0, 0.05) is 5.92 Å². The van der Waals surface area contributed by atoms with Gasteiger partial charge in [0.1, 0.15) is 5.01 Å². The molecule has 0 saturated heterocycles. The lowest BCUT2D eigenvalue weighted by Gasteiger charge is -2.28. The average Bonchev–Trinajstić information content (AvgIpc) is 2.64. The van der Waals surface area contributed by atoms with Gasteiger partial charge < -0.3 is 0 Å². The van der Waals surface area contributed by atoms with E-state index in [-0.39, 0.29) is 18.8 Å². The average molecular weight is 315 g/mol. The summed E-state index contributed by atoms with van der Waals surface area (Å²) >= 11 is 4.62. The molecule has 0 bridgehead atoms. The van der Waals surface area contributed by atoms with Gasteiger partial charge in [0.05, 0.1) is 5.92 Å². The predicted octanol–water partition coefficient (Wildman–Crippen LogP) is 4.14. The van der Waals surface area contributed by atoms with Gasteiger partial charge in [-0.15, -0.1) is 10.2 Å². The maximum Gasteiger partial charge on any atom is 0.391 e. The lowest BCUT2D eigenvalue weighted by Crippen LogP contribution is -2.27. The third kappa shape index (κ3) is 2.74. The monoisotopic (exact) mass is 314 g/mol. The zero-order chi connectivity index (χ0) is 11.8. The highest BCUT2D eigenvalue weighted by Crippen LogP contribution is 2.43. The third-order valence-electron chi connectivity index (χ3n) is 2.96. The molecule has 0 aliphatic heterocycles. The summed E-state index contributed by atoms with van der Waals surface area (Å²) in [4.78, 5) is 0. The molecule has 1 aromatic rings. The van der Waals surface area contributed by atoms with Gasteiger partial charge in [-0.25, -0.2) is 0 Å². The van der Waals surface area contributed by atoms with Crippen molar-refractivity contribution < 1.29 is 13.2 Å². The van der Waals surface area contributed by atoms with Crippen LogP contribution in [-0.4, -0.2) is 16.4 Å². The highest BCUT2D eigenvalue weighted by molar-refractivity contribution is 9.11. The molecule has 90 valence electrons. The van der Waals surface area contributed by atoms with Crippen molar-refractivity contribution in [2.75, 3.05) is 0 Å². The summed E-state index contributed by atoms with van der Waals surface area (Å²) in [5.41, 5.74) is 0. The van der Waals surface area contributed by atoms with E-state index in [1.807, 2.05) is 0 Å². The molecule has 0 aromatic carbocycles. The Morgan fingerprint density at radius 3 is 2.19 bits per heavy atom. The van der Waals surface area contributed by atoms with E-state index >= 15 is 0 Å². The van der Waals surface area contributed by atoms with Crippen LogP contribution < -0.4 is 0 Å². The number of hydrogen-bond donors (Lipinski definition) is 0. The number of rotatable bonds is 1. The summed E-state index contributed by atoms with van der Waals surface area (Å²) in [7, 11) is 0. The summed E-state index contributed by atoms with van der Waals surface area (Å²) in [6.45, 7) is 0. The Morgan fingerprint density at radius 2 is 1.75 bits per heavy atom. The molecule has 0 unspecified atom stereocenters. The van der Waals surface area contributed by atoms with Gasteiger partial charge in [0.2, 0.25) is 0 Å². The quantitative estimate of drug-likeness (QED) is 0.778. The fourth-order valence-corrected chi connectivity index (χ4v) is 3.36. The lowest BCUT2D eigenvalue weighted by atomic mass is 9.82. The van der Waals surface area contributed by atoms with Crippen LogP contribution in [0, 0.1) is 5.92 Å². The second-order valence-electron chi connectivity index (χ2n) is 3.98. The Morgan fingerprint density at radius 1 is 1.12 bits per heavy atom. The van der Waals surface area contributed by atoms with E-state index < -0.39 is 12.1 Å². The molecule has 0 amide bonds. The van der Waals surface area contributed by atoms with Crippen molar-refractivity contribution in [2.45, 2.75) is 37.8 Å². The molecular formula is C9H10BrF3N2S. The molecule has 0 spiro atoms. The molecule has 1 aromatic heterocycles. The largest absolute Gasteiger partial charge is 0.391 e. The standard InChI is InChI=1S/C9H10BrF3N2S/c10-8-15-14-7(16-8)5-1-3-6(4-2-5)9(11,12)13/h5-6H,1-4H2. The number of alkyl halides is 3. The van der Waals surface area contributed by atoms with E-state index in [2.05, 4.69) is 26.1 Å². The van der Waals surface area contributed by atoms with Crippen molar-refractivity contribution >= 4 is 27.3 Å². The Kier molecular flexibility index (Phi) is 3.53. The van der Waals surface area contributed by atoms with E-state index in [1.54, 1.807) is 0 Å². The van der Waals surface area contributed by atoms with Crippen LogP contribution in [0.2, 0.25) is 0 Å². The molecule has 16 heavy (non-hydrogen) atoms. The zero-order valence-electron chi connectivity index (χ0n) is 8.30. The van der Waals surface area contributed by atoms with Crippen LogP contribution in [0.3, 0.4) is 0 Å².